The molecule has 0 unspecified atom stereocenters. The van der Waals surface area contributed by atoms with Gasteiger partial charge in [-0.2, -0.15) is 0 Å². The maximum absolute atomic E-state index is 13.3. The third kappa shape index (κ3) is 5.59. The SMILES string of the molecule is CC(C)(C)OC(=O)N[C@H](C(=O)NCCc1c[nH]c2cc(F)ccc12)c1ccccc1. The first-order chi connectivity index (χ1) is 14.2. The highest BCUT2D eigenvalue weighted by molar-refractivity contribution is 5.87. The number of rotatable bonds is 6. The summed E-state index contributed by atoms with van der Waals surface area (Å²) in [6.07, 6.45) is 1.71. The van der Waals surface area contributed by atoms with E-state index in [-0.39, 0.29) is 11.7 Å². The molecular formula is C23H26FN3O3. The number of hydrogen-bond acceptors (Lipinski definition) is 3. The van der Waals surface area contributed by atoms with E-state index in [2.05, 4.69) is 15.6 Å². The van der Waals surface area contributed by atoms with Gasteiger partial charge in [0.15, 0.2) is 0 Å². The molecule has 0 saturated heterocycles. The molecule has 1 heterocycles. The van der Waals surface area contributed by atoms with Crippen molar-refractivity contribution >= 4 is 22.9 Å². The third-order valence-corrected chi connectivity index (χ3v) is 4.48. The van der Waals surface area contributed by atoms with Crippen molar-refractivity contribution in [2.24, 2.45) is 0 Å². The Morgan fingerprint density at radius 3 is 2.57 bits per heavy atom. The minimum Gasteiger partial charge on any atom is -0.444 e. The lowest BCUT2D eigenvalue weighted by molar-refractivity contribution is -0.123. The molecule has 0 fully saturated rings. The highest BCUT2D eigenvalue weighted by Crippen LogP contribution is 2.20. The number of alkyl carbamates (subject to hydrolysis) is 1. The number of hydrogen-bond donors (Lipinski definition) is 3. The van der Waals surface area contributed by atoms with Crippen LogP contribution in [-0.2, 0) is 16.0 Å². The molecule has 6 nitrogen and oxygen atoms in total. The lowest BCUT2D eigenvalue weighted by atomic mass is 10.1. The van der Waals surface area contributed by atoms with E-state index >= 15 is 0 Å². The molecule has 3 aromatic rings. The number of halogens is 1. The van der Waals surface area contributed by atoms with Crippen molar-refractivity contribution in [2.75, 3.05) is 6.54 Å². The zero-order valence-electron chi connectivity index (χ0n) is 17.3. The molecule has 1 aromatic heterocycles. The first-order valence-corrected chi connectivity index (χ1v) is 9.80. The van der Waals surface area contributed by atoms with Gasteiger partial charge in [0, 0.05) is 23.6 Å². The molecule has 0 saturated carbocycles. The van der Waals surface area contributed by atoms with E-state index in [0.717, 1.165) is 10.9 Å². The van der Waals surface area contributed by atoms with E-state index in [1.807, 2.05) is 12.3 Å². The van der Waals surface area contributed by atoms with Crippen LogP contribution in [0.1, 0.15) is 37.9 Å². The number of carbonyl (C=O) groups excluding carboxylic acids is 2. The van der Waals surface area contributed by atoms with Crippen LogP contribution in [-0.4, -0.2) is 29.1 Å². The van der Waals surface area contributed by atoms with Gasteiger partial charge in [0.1, 0.15) is 17.5 Å². The standard InChI is InChI=1S/C23H26FN3O3/c1-23(2,3)30-22(29)27-20(15-7-5-4-6-8-15)21(28)25-12-11-16-14-26-19-13-17(24)9-10-18(16)19/h4-10,13-14,20,26H,11-12H2,1-3H3,(H,25,28)(H,27,29)/t20-/m0/s1. The van der Waals surface area contributed by atoms with Crippen LogP contribution in [0.15, 0.2) is 54.7 Å². The smallest absolute Gasteiger partial charge is 0.408 e. The van der Waals surface area contributed by atoms with Crippen molar-refractivity contribution in [1.82, 2.24) is 15.6 Å². The Bertz CT molecular complexity index is 1030. The first-order valence-electron chi connectivity index (χ1n) is 9.80. The van der Waals surface area contributed by atoms with Crippen molar-refractivity contribution in [3.05, 3.63) is 71.7 Å². The molecule has 30 heavy (non-hydrogen) atoms. The van der Waals surface area contributed by atoms with Crippen LogP contribution in [0.4, 0.5) is 9.18 Å². The number of H-pyrrole nitrogens is 1. The molecule has 0 radical (unpaired) electrons. The second kappa shape index (κ2) is 8.98. The summed E-state index contributed by atoms with van der Waals surface area (Å²) >= 11 is 0. The maximum Gasteiger partial charge on any atom is 0.408 e. The highest BCUT2D eigenvalue weighted by atomic mass is 19.1. The lowest BCUT2D eigenvalue weighted by Gasteiger charge is -2.23. The zero-order chi connectivity index (χ0) is 21.7. The van der Waals surface area contributed by atoms with E-state index in [4.69, 9.17) is 4.74 Å². The average Bonchev–Trinajstić information content (AvgIpc) is 3.07. The van der Waals surface area contributed by atoms with Crippen LogP contribution in [0.2, 0.25) is 0 Å². The summed E-state index contributed by atoms with van der Waals surface area (Å²) in [4.78, 5) is 28.1. The Morgan fingerprint density at radius 1 is 1.13 bits per heavy atom. The molecular weight excluding hydrogens is 385 g/mol. The van der Waals surface area contributed by atoms with Gasteiger partial charge in [0.2, 0.25) is 5.91 Å². The van der Waals surface area contributed by atoms with Crippen molar-refractivity contribution in [1.29, 1.82) is 0 Å². The zero-order valence-corrected chi connectivity index (χ0v) is 17.3. The summed E-state index contributed by atoms with van der Waals surface area (Å²) < 4.78 is 18.6. The minimum atomic E-state index is -0.877. The van der Waals surface area contributed by atoms with Crippen molar-refractivity contribution in [2.45, 2.75) is 38.8 Å². The number of benzene rings is 2. The van der Waals surface area contributed by atoms with Gasteiger partial charge < -0.3 is 20.4 Å². The van der Waals surface area contributed by atoms with Gasteiger partial charge in [-0.3, -0.25) is 4.79 Å². The summed E-state index contributed by atoms with van der Waals surface area (Å²) in [6.45, 7) is 5.65. The molecule has 7 heteroatoms. The Morgan fingerprint density at radius 2 is 1.87 bits per heavy atom. The Hall–Kier alpha value is -3.35. The molecule has 158 valence electrons. The van der Waals surface area contributed by atoms with E-state index < -0.39 is 17.7 Å². The Kier molecular flexibility index (Phi) is 6.40. The average molecular weight is 411 g/mol. The van der Waals surface area contributed by atoms with Crippen LogP contribution in [0, 0.1) is 5.82 Å². The van der Waals surface area contributed by atoms with Gasteiger partial charge in [0.25, 0.3) is 0 Å². The van der Waals surface area contributed by atoms with Crippen LogP contribution < -0.4 is 10.6 Å². The summed E-state index contributed by atoms with van der Waals surface area (Å²) in [5, 5.41) is 6.43. The summed E-state index contributed by atoms with van der Waals surface area (Å²) in [5.74, 6) is -0.638. The maximum atomic E-state index is 13.3. The van der Waals surface area contributed by atoms with E-state index in [9.17, 15) is 14.0 Å². The molecule has 3 N–H and O–H groups in total. The molecule has 2 aromatic carbocycles. The number of amides is 2. The fourth-order valence-electron chi connectivity index (χ4n) is 3.16. The molecule has 0 bridgehead atoms. The molecule has 0 aliphatic rings. The molecule has 0 aliphatic heterocycles. The van der Waals surface area contributed by atoms with Gasteiger partial charge in [-0.05, 0) is 56.5 Å². The number of fused-ring (bicyclic) bond motifs is 1. The van der Waals surface area contributed by atoms with E-state index in [1.54, 1.807) is 51.1 Å². The van der Waals surface area contributed by atoms with Gasteiger partial charge in [0.05, 0.1) is 0 Å². The third-order valence-electron chi connectivity index (χ3n) is 4.48. The topological polar surface area (TPSA) is 83.2 Å². The fraction of sp³-hybridized carbons (Fsp3) is 0.304. The van der Waals surface area contributed by atoms with Crippen LogP contribution in [0.5, 0.6) is 0 Å². The monoisotopic (exact) mass is 411 g/mol. The molecule has 0 spiro atoms. The first kappa shape index (κ1) is 21.4. The van der Waals surface area contributed by atoms with E-state index in [1.165, 1.54) is 12.1 Å². The molecule has 2 amide bonds. The number of aromatic amines is 1. The van der Waals surface area contributed by atoms with Crippen LogP contribution in [0.25, 0.3) is 10.9 Å². The summed E-state index contributed by atoms with van der Waals surface area (Å²) in [5.41, 5.74) is 1.67. The Labute approximate surface area is 174 Å². The van der Waals surface area contributed by atoms with Gasteiger partial charge in [-0.25, -0.2) is 9.18 Å². The molecule has 1 atom stereocenters. The normalized spacial score (nSPS) is 12.4. The second-order valence-corrected chi connectivity index (χ2v) is 8.03. The van der Waals surface area contributed by atoms with Gasteiger partial charge >= 0.3 is 6.09 Å². The number of aromatic nitrogens is 1. The second-order valence-electron chi connectivity index (χ2n) is 8.03. The highest BCUT2D eigenvalue weighted by Gasteiger charge is 2.25. The summed E-state index contributed by atoms with van der Waals surface area (Å²) in [6, 6.07) is 12.7. The van der Waals surface area contributed by atoms with Crippen LogP contribution >= 0.6 is 0 Å². The summed E-state index contributed by atoms with van der Waals surface area (Å²) in [7, 11) is 0. The molecule has 0 aliphatic carbocycles. The lowest BCUT2D eigenvalue weighted by Crippen LogP contribution is -2.43. The number of carbonyl (C=O) groups is 2. The van der Waals surface area contributed by atoms with Gasteiger partial charge in [-0.15, -0.1) is 0 Å². The van der Waals surface area contributed by atoms with Gasteiger partial charge in [-0.1, -0.05) is 30.3 Å². The largest absolute Gasteiger partial charge is 0.444 e. The van der Waals surface area contributed by atoms with Crippen LogP contribution in [0.3, 0.4) is 0 Å². The Balaban J connectivity index is 1.66. The fourth-order valence-corrected chi connectivity index (χ4v) is 3.16. The number of nitrogens with one attached hydrogen (secondary N) is 3. The minimum absolute atomic E-state index is 0.303. The predicted octanol–water partition coefficient (Wildman–Crippen LogP) is 4.23. The predicted molar refractivity (Wildman–Crippen MR) is 114 cm³/mol. The van der Waals surface area contributed by atoms with Crippen molar-refractivity contribution in [3.63, 3.8) is 0 Å². The quantitative estimate of drug-likeness (QED) is 0.568. The van der Waals surface area contributed by atoms with Crippen molar-refractivity contribution in [3.8, 4) is 0 Å². The van der Waals surface area contributed by atoms with Crippen molar-refractivity contribution < 1.29 is 18.7 Å². The van der Waals surface area contributed by atoms with E-state index in [0.29, 0.717) is 24.0 Å². The number of ether oxygens (including phenoxy) is 1. The molecule has 3 rings (SSSR count).